The average molecular weight is 367 g/mol. The molecule has 1 amide bonds. The fraction of sp³-hybridized carbons (Fsp3) is 0.316. The van der Waals surface area contributed by atoms with Gasteiger partial charge in [0.25, 0.3) is 5.91 Å². The van der Waals surface area contributed by atoms with Gasteiger partial charge in [-0.1, -0.05) is 24.3 Å². The normalized spacial score (nSPS) is 13.8. The molecule has 0 radical (unpaired) electrons. The smallest absolute Gasteiger partial charge is 0.417 e. The highest BCUT2D eigenvalue weighted by Gasteiger charge is 2.35. The number of carbonyl (C=O) groups is 1. The number of ether oxygens (including phenoxy) is 1. The maximum absolute atomic E-state index is 13.0. The zero-order chi connectivity index (χ0) is 19.4. The first-order valence-corrected chi connectivity index (χ1v) is 7.92. The van der Waals surface area contributed by atoms with Gasteiger partial charge in [0.15, 0.2) is 0 Å². The Balaban J connectivity index is 2.04. The summed E-state index contributed by atoms with van der Waals surface area (Å²) in [5.41, 5.74) is -1.99. The first-order chi connectivity index (χ1) is 12.1. The van der Waals surface area contributed by atoms with Crippen molar-refractivity contribution in [3.05, 3.63) is 65.2 Å². The second-order valence-corrected chi connectivity index (χ2v) is 6.25. The van der Waals surface area contributed by atoms with Crippen molar-refractivity contribution in [3.8, 4) is 5.75 Å². The van der Waals surface area contributed by atoms with Crippen LogP contribution in [0.2, 0.25) is 0 Å². The summed E-state index contributed by atoms with van der Waals surface area (Å²) in [7, 11) is 1.54. The molecule has 0 unspecified atom stereocenters. The summed E-state index contributed by atoms with van der Waals surface area (Å²) in [6.45, 7) is 1.32. The molecule has 26 heavy (non-hydrogen) atoms. The first kappa shape index (κ1) is 19.8. The Bertz CT molecular complexity index is 755. The van der Waals surface area contributed by atoms with Gasteiger partial charge in [-0.15, -0.1) is 0 Å². The Hall–Kier alpha value is -2.54. The van der Waals surface area contributed by atoms with Crippen molar-refractivity contribution in [1.82, 2.24) is 5.32 Å². The van der Waals surface area contributed by atoms with Gasteiger partial charge < -0.3 is 15.2 Å². The van der Waals surface area contributed by atoms with Crippen molar-refractivity contribution >= 4 is 5.91 Å². The number of aliphatic hydroxyl groups is 1. The van der Waals surface area contributed by atoms with Gasteiger partial charge in [-0.3, -0.25) is 4.79 Å². The van der Waals surface area contributed by atoms with Crippen molar-refractivity contribution in [1.29, 1.82) is 0 Å². The van der Waals surface area contributed by atoms with Crippen LogP contribution in [-0.2, 0) is 12.6 Å². The molecule has 2 N–H and O–H groups in total. The van der Waals surface area contributed by atoms with Crippen molar-refractivity contribution < 1.29 is 27.8 Å². The van der Waals surface area contributed by atoms with Crippen molar-refractivity contribution in [3.63, 3.8) is 0 Å². The van der Waals surface area contributed by atoms with Gasteiger partial charge in [-0.05, 0) is 36.8 Å². The van der Waals surface area contributed by atoms with E-state index < -0.39 is 28.8 Å². The zero-order valence-corrected chi connectivity index (χ0v) is 14.4. The van der Waals surface area contributed by atoms with E-state index in [1.165, 1.54) is 19.1 Å². The van der Waals surface area contributed by atoms with E-state index in [0.29, 0.717) is 5.75 Å². The minimum atomic E-state index is -4.63. The van der Waals surface area contributed by atoms with Crippen molar-refractivity contribution in [2.45, 2.75) is 25.1 Å². The number of hydrogen-bond donors (Lipinski definition) is 2. The number of alkyl halides is 3. The molecule has 0 aliphatic rings. The number of methoxy groups -OCH3 is 1. The summed E-state index contributed by atoms with van der Waals surface area (Å²) in [6, 6.07) is 11.6. The molecule has 2 aromatic carbocycles. The third-order valence-electron chi connectivity index (χ3n) is 3.85. The predicted octanol–water partition coefficient (Wildman–Crippen LogP) is 3.44. The molecular formula is C19H20F3NO3. The van der Waals surface area contributed by atoms with Crippen LogP contribution in [0.25, 0.3) is 0 Å². The number of benzene rings is 2. The summed E-state index contributed by atoms with van der Waals surface area (Å²) in [4.78, 5) is 12.2. The fourth-order valence-electron chi connectivity index (χ4n) is 2.54. The summed E-state index contributed by atoms with van der Waals surface area (Å²) >= 11 is 0. The Morgan fingerprint density at radius 1 is 1.12 bits per heavy atom. The summed E-state index contributed by atoms with van der Waals surface area (Å²) < 4.78 is 44.0. The Kier molecular flexibility index (Phi) is 5.92. The van der Waals surface area contributed by atoms with Crippen LogP contribution in [0.1, 0.15) is 28.4 Å². The quantitative estimate of drug-likeness (QED) is 0.822. The van der Waals surface area contributed by atoms with Gasteiger partial charge in [0.05, 0.1) is 23.8 Å². The molecule has 0 saturated heterocycles. The highest BCUT2D eigenvalue weighted by Crippen LogP contribution is 2.31. The molecule has 0 aliphatic heterocycles. The van der Waals surface area contributed by atoms with E-state index in [4.69, 9.17) is 4.74 Å². The van der Waals surface area contributed by atoms with E-state index in [1.54, 1.807) is 31.4 Å². The van der Waals surface area contributed by atoms with Crippen LogP contribution >= 0.6 is 0 Å². The molecule has 0 aromatic heterocycles. The third-order valence-corrected chi connectivity index (χ3v) is 3.85. The number of nitrogens with one attached hydrogen (secondary N) is 1. The van der Waals surface area contributed by atoms with Gasteiger partial charge >= 0.3 is 6.18 Å². The molecule has 4 nitrogen and oxygen atoms in total. The summed E-state index contributed by atoms with van der Waals surface area (Å²) in [5.74, 6) is -0.210. The third kappa shape index (κ3) is 5.23. The molecular weight excluding hydrogens is 347 g/mol. The van der Waals surface area contributed by atoms with Crippen molar-refractivity contribution in [2.24, 2.45) is 0 Å². The minimum absolute atomic E-state index is 0.190. The van der Waals surface area contributed by atoms with Crippen LogP contribution in [0.5, 0.6) is 5.75 Å². The minimum Gasteiger partial charge on any atom is -0.497 e. The maximum atomic E-state index is 13.0. The Morgan fingerprint density at radius 2 is 1.73 bits per heavy atom. The van der Waals surface area contributed by atoms with E-state index in [0.717, 1.165) is 17.7 Å². The molecule has 0 heterocycles. The molecule has 0 bridgehead atoms. The largest absolute Gasteiger partial charge is 0.497 e. The lowest BCUT2D eigenvalue weighted by atomic mass is 9.96. The SMILES string of the molecule is COc1ccc(C[C@@](C)(O)CNC(=O)c2ccccc2C(F)(F)F)cc1. The Morgan fingerprint density at radius 3 is 2.31 bits per heavy atom. The molecule has 0 fully saturated rings. The van der Waals surface area contributed by atoms with E-state index in [-0.39, 0.29) is 13.0 Å². The zero-order valence-electron chi connectivity index (χ0n) is 14.4. The number of hydrogen-bond acceptors (Lipinski definition) is 3. The lowest BCUT2D eigenvalue weighted by molar-refractivity contribution is -0.137. The van der Waals surface area contributed by atoms with E-state index >= 15 is 0 Å². The van der Waals surface area contributed by atoms with Crippen LogP contribution < -0.4 is 10.1 Å². The number of halogens is 3. The molecule has 0 aliphatic carbocycles. The Labute approximate surface area is 149 Å². The van der Waals surface area contributed by atoms with E-state index in [2.05, 4.69) is 5.32 Å². The van der Waals surface area contributed by atoms with Gasteiger partial charge in [0.2, 0.25) is 0 Å². The summed E-state index contributed by atoms with van der Waals surface area (Å²) in [5, 5.41) is 12.8. The lowest BCUT2D eigenvalue weighted by Gasteiger charge is -2.24. The molecule has 140 valence electrons. The number of amides is 1. The highest BCUT2D eigenvalue weighted by atomic mass is 19.4. The fourth-order valence-corrected chi connectivity index (χ4v) is 2.54. The molecule has 2 rings (SSSR count). The van der Waals surface area contributed by atoms with Gasteiger partial charge in [0.1, 0.15) is 5.75 Å². The van der Waals surface area contributed by atoms with Crippen LogP contribution in [0.3, 0.4) is 0 Å². The van der Waals surface area contributed by atoms with E-state index in [9.17, 15) is 23.1 Å². The monoisotopic (exact) mass is 367 g/mol. The number of carbonyl (C=O) groups excluding carboxylic acids is 1. The van der Waals surface area contributed by atoms with Gasteiger partial charge in [-0.2, -0.15) is 13.2 Å². The predicted molar refractivity (Wildman–Crippen MR) is 91.1 cm³/mol. The second-order valence-electron chi connectivity index (χ2n) is 6.25. The maximum Gasteiger partial charge on any atom is 0.417 e. The molecule has 7 heteroatoms. The van der Waals surface area contributed by atoms with Gasteiger partial charge in [-0.25, -0.2) is 0 Å². The second kappa shape index (κ2) is 7.78. The number of rotatable bonds is 6. The van der Waals surface area contributed by atoms with Gasteiger partial charge in [0, 0.05) is 13.0 Å². The topological polar surface area (TPSA) is 58.6 Å². The van der Waals surface area contributed by atoms with Crippen LogP contribution in [0, 0.1) is 0 Å². The lowest BCUT2D eigenvalue weighted by Crippen LogP contribution is -2.42. The average Bonchev–Trinajstić information content (AvgIpc) is 2.59. The molecule has 2 aromatic rings. The van der Waals surface area contributed by atoms with Crippen LogP contribution in [-0.4, -0.2) is 30.3 Å². The summed E-state index contributed by atoms with van der Waals surface area (Å²) in [6.07, 6.45) is -4.41. The van der Waals surface area contributed by atoms with Crippen LogP contribution in [0.4, 0.5) is 13.2 Å². The standard InChI is InChI=1S/C19H20F3NO3/c1-18(25,11-13-7-9-14(26-2)10-8-13)12-23-17(24)15-5-3-4-6-16(15)19(20,21)22/h3-10,25H,11-12H2,1-2H3,(H,23,24)/t18-/m1/s1. The van der Waals surface area contributed by atoms with Crippen LogP contribution in [0.15, 0.2) is 48.5 Å². The molecule has 1 atom stereocenters. The van der Waals surface area contributed by atoms with E-state index in [1.807, 2.05) is 0 Å². The first-order valence-electron chi connectivity index (χ1n) is 7.92. The molecule has 0 saturated carbocycles. The molecule has 0 spiro atoms. The highest BCUT2D eigenvalue weighted by molar-refractivity contribution is 5.95. The van der Waals surface area contributed by atoms with Crippen molar-refractivity contribution in [2.75, 3.05) is 13.7 Å².